The Kier molecular flexibility index (Phi) is 4.90. The minimum atomic E-state index is -0.635. The Labute approximate surface area is 144 Å². The molecule has 1 aromatic carbocycles. The van der Waals surface area contributed by atoms with Crippen molar-refractivity contribution in [3.05, 3.63) is 35.9 Å². The normalized spacial score (nSPS) is 21.1. The van der Waals surface area contributed by atoms with Gasteiger partial charge in [-0.05, 0) is 24.8 Å². The second kappa shape index (κ2) is 6.93. The van der Waals surface area contributed by atoms with E-state index in [1.54, 1.807) is 19.0 Å². The van der Waals surface area contributed by atoms with Gasteiger partial charge in [0.25, 0.3) is 0 Å². The van der Waals surface area contributed by atoms with E-state index in [-0.39, 0.29) is 11.8 Å². The van der Waals surface area contributed by atoms with Crippen molar-refractivity contribution in [2.75, 3.05) is 33.7 Å². The molecule has 1 aromatic rings. The second-order valence-electron chi connectivity index (χ2n) is 7.14. The summed E-state index contributed by atoms with van der Waals surface area (Å²) in [5.74, 6) is 0.221. The fraction of sp³-hybridized carbons (Fsp3) is 0.579. The van der Waals surface area contributed by atoms with Gasteiger partial charge in [-0.25, -0.2) is 0 Å². The lowest BCUT2D eigenvalue weighted by Crippen LogP contribution is -2.63. The molecule has 0 N–H and O–H groups in total. The number of carbonyl (C=O) groups excluding carboxylic acids is 2. The maximum Gasteiger partial charge on any atom is 0.248 e. The van der Waals surface area contributed by atoms with E-state index in [0.29, 0.717) is 6.42 Å². The van der Waals surface area contributed by atoms with Crippen LogP contribution >= 0.6 is 0 Å². The van der Waals surface area contributed by atoms with Gasteiger partial charge in [-0.1, -0.05) is 30.3 Å². The molecular formula is C19H27N3O2. The summed E-state index contributed by atoms with van der Waals surface area (Å²) in [5, 5.41) is 0. The summed E-state index contributed by atoms with van der Waals surface area (Å²) < 4.78 is 0. The lowest BCUT2D eigenvalue weighted by molar-refractivity contribution is -0.153. The van der Waals surface area contributed by atoms with Crippen molar-refractivity contribution in [1.29, 1.82) is 0 Å². The van der Waals surface area contributed by atoms with E-state index in [4.69, 9.17) is 0 Å². The smallest absolute Gasteiger partial charge is 0.248 e. The van der Waals surface area contributed by atoms with E-state index in [1.807, 2.05) is 11.0 Å². The Morgan fingerprint density at radius 3 is 2.33 bits per heavy atom. The molecule has 0 aliphatic carbocycles. The summed E-state index contributed by atoms with van der Waals surface area (Å²) in [7, 11) is 3.59. The van der Waals surface area contributed by atoms with E-state index in [2.05, 4.69) is 29.2 Å². The maximum absolute atomic E-state index is 12.9. The third-order valence-electron chi connectivity index (χ3n) is 5.33. The Balaban J connectivity index is 1.73. The van der Waals surface area contributed by atoms with Gasteiger partial charge in [0.05, 0.1) is 0 Å². The van der Waals surface area contributed by atoms with Crippen LogP contribution in [0, 0.1) is 0 Å². The molecule has 0 radical (unpaired) electrons. The van der Waals surface area contributed by atoms with Gasteiger partial charge in [-0.3, -0.25) is 14.5 Å². The predicted octanol–water partition coefficient (Wildman–Crippen LogP) is 1.73. The van der Waals surface area contributed by atoms with Crippen molar-refractivity contribution < 1.29 is 9.59 Å². The van der Waals surface area contributed by atoms with Crippen LogP contribution in [0.25, 0.3) is 0 Å². The van der Waals surface area contributed by atoms with Gasteiger partial charge in [0, 0.05) is 46.7 Å². The number of carbonyl (C=O) groups is 2. The lowest BCUT2D eigenvalue weighted by atomic mass is 9.84. The molecule has 2 fully saturated rings. The fourth-order valence-electron chi connectivity index (χ4n) is 4.04. The molecule has 0 aromatic heterocycles. The highest BCUT2D eigenvalue weighted by Gasteiger charge is 2.49. The summed E-state index contributed by atoms with van der Waals surface area (Å²) >= 11 is 0. The zero-order valence-electron chi connectivity index (χ0n) is 14.7. The maximum atomic E-state index is 12.9. The number of likely N-dealkylation sites (N-methyl/N-ethyl adjacent to an activating group) is 1. The molecule has 2 amide bonds. The SMILES string of the molecule is CN(C)C(=O)C1(N2CCCC2=O)CCN(Cc2ccccc2)CC1. The van der Waals surface area contributed by atoms with Gasteiger partial charge >= 0.3 is 0 Å². The Morgan fingerprint density at radius 1 is 1.12 bits per heavy atom. The van der Waals surface area contributed by atoms with Crippen molar-refractivity contribution in [3.63, 3.8) is 0 Å². The fourth-order valence-corrected chi connectivity index (χ4v) is 4.04. The first-order chi connectivity index (χ1) is 11.5. The van der Waals surface area contributed by atoms with E-state index in [9.17, 15) is 9.59 Å². The average molecular weight is 329 g/mol. The summed E-state index contributed by atoms with van der Waals surface area (Å²) in [4.78, 5) is 31.2. The molecule has 0 atom stereocenters. The molecule has 0 spiro atoms. The topological polar surface area (TPSA) is 43.9 Å². The van der Waals surface area contributed by atoms with E-state index < -0.39 is 5.54 Å². The van der Waals surface area contributed by atoms with Crippen molar-refractivity contribution in [2.45, 2.75) is 37.8 Å². The molecule has 2 aliphatic rings. The first-order valence-corrected chi connectivity index (χ1v) is 8.81. The van der Waals surface area contributed by atoms with Crippen LogP contribution in [-0.4, -0.2) is 65.8 Å². The highest BCUT2D eigenvalue weighted by molar-refractivity contribution is 5.92. The van der Waals surface area contributed by atoms with Crippen molar-refractivity contribution in [2.24, 2.45) is 0 Å². The number of likely N-dealkylation sites (tertiary alicyclic amines) is 2. The van der Waals surface area contributed by atoms with Crippen LogP contribution < -0.4 is 0 Å². The molecular weight excluding hydrogens is 302 g/mol. The van der Waals surface area contributed by atoms with E-state index in [1.165, 1.54) is 5.56 Å². The molecule has 0 unspecified atom stereocenters. The number of hydrogen-bond acceptors (Lipinski definition) is 3. The van der Waals surface area contributed by atoms with Crippen molar-refractivity contribution >= 4 is 11.8 Å². The van der Waals surface area contributed by atoms with Crippen molar-refractivity contribution in [1.82, 2.24) is 14.7 Å². The summed E-state index contributed by atoms with van der Waals surface area (Å²) in [5.41, 5.74) is 0.658. The molecule has 2 heterocycles. The molecule has 24 heavy (non-hydrogen) atoms. The molecule has 130 valence electrons. The Hall–Kier alpha value is -1.88. The molecule has 5 nitrogen and oxygen atoms in total. The van der Waals surface area contributed by atoms with Crippen LogP contribution in [0.15, 0.2) is 30.3 Å². The summed E-state index contributed by atoms with van der Waals surface area (Å²) in [6.07, 6.45) is 2.90. The number of hydrogen-bond donors (Lipinski definition) is 0. The molecule has 2 aliphatic heterocycles. The van der Waals surface area contributed by atoms with Crippen LogP contribution in [0.4, 0.5) is 0 Å². The van der Waals surface area contributed by atoms with Crippen LogP contribution in [-0.2, 0) is 16.1 Å². The molecule has 2 saturated heterocycles. The predicted molar refractivity (Wildman–Crippen MR) is 93.3 cm³/mol. The third kappa shape index (κ3) is 3.18. The molecule has 0 bridgehead atoms. The van der Waals surface area contributed by atoms with Crippen LogP contribution in [0.2, 0.25) is 0 Å². The van der Waals surface area contributed by atoms with Crippen molar-refractivity contribution in [3.8, 4) is 0 Å². The largest absolute Gasteiger partial charge is 0.347 e. The minimum Gasteiger partial charge on any atom is -0.347 e. The van der Waals surface area contributed by atoms with Gasteiger partial charge in [-0.2, -0.15) is 0 Å². The highest BCUT2D eigenvalue weighted by Crippen LogP contribution is 2.34. The third-order valence-corrected chi connectivity index (χ3v) is 5.33. The number of nitrogens with zero attached hydrogens (tertiary/aromatic N) is 3. The van der Waals surface area contributed by atoms with Gasteiger partial charge in [0.1, 0.15) is 5.54 Å². The van der Waals surface area contributed by atoms with Gasteiger partial charge in [-0.15, -0.1) is 0 Å². The highest BCUT2D eigenvalue weighted by atomic mass is 16.2. The van der Waals surface area contributed by atoms with Crippen LogP contribution in [0.1, 0.15) is 31.2 Å². The lowest BCUT2D eigenvalue weighted by Gasteiger charge is -2.47. The summed E-state index contributed by atoms with van der Waals surface area (Å²) in [6.45, 7) is 3.31. The molecule has 3 rings (SSSR count). The number of rotatable bonds is 4. The number of piperidine rings is 1. The van der Waals surface area contributed by atoms with Crippen LogP contribution in [0.5, 0.6) is 0 Å². The van der Waals surface area contributed by atoms with E-state index in [0.717, 1.165) is 45.4 Å². The van der Waals surface area contributed by atoms with E-state index >= 15 is 0 Å². The first-order valence-electron chi connectivity index (χ1n) is 8.81. The Bertz CT molecular complexity index is 592. The average Bonchev–Trinajstić information content (AvgIpc) is 3.02. The second-order valence-corrected chi connectivity index (χ2v) is 7.14. The number of amides is 2. The zero-order chi connectivity index (χ0) is 17.2. The van der Waals surface area contributed by atoms with Gasteiger partial charge < -0.3 is 9.80 Å². The summed E-state index contributed by atoms with van der Waals surface area (Å²) in [6, 6.07) is 10.4. The van der Waals surface area contributed by atoms with Gasteiger partial charge in [0.2, 0.25) is 11.8 Å². The minimum absolute atomic E-state index is 0.0807. The van der Waals surface area contributed by atoms with Crippen LogP contribution in [0.3, 0.4) is 0 Å². The van der Waals surface area contributed by atoms with Gasteiger partial charge in [0.15, 0.2) is 0 Å². The standard InChI is InChI=1S/C19H27N3O2/c1-20(2)18(24)19(22-12-6-9-17(22)23)10-13-21(14-11-19)15-16-7-4-3-5-8-16/h3-5,7-8H,6,9-15H2,1-2H3. The Morgan fingerprint density at radius 2 is 1.79 bits per heavy atom. The number of benzene rings is 1. The molecule has 0 saturated carbocycles. The zero-order valence-corrected chi connectivity index (χ0v) is 14.7. The first kappa shape index (κ1) is 17.0. The quantitative estimate of drug-likeness (QED) is 0.845. The molecule has 5 heteroatoms. The monoisotopic (exact) mass is 329 g/mol.